The van der Waals surface area contributed by atoms with Crippen LogP contribution in [0.2, 0.25) is 0 Å². The molecule has 0 bridgehead atoms. The largest absolute Gasteiger partial charge is 0.496 e. The van der Waals surface area contributed by atoms with Crippen LogP contribution in [-0.2, 0) is 16.1 Å². The Hall–Kier alpha value is -1.55. The molecule has 0 spiro atoms. The van der Waals surface area contributed by atoms with Crippen molar-refractivity contribution in [2.24, 2.45) is 4.99 Å². The van der Waals surface area contributed by atoms with Gasteiger partial charge in [-0.3, -0.25) is 4.79 Å². The number of amides is 1. The molecule has 3 N–H and O–H groups in total. The summed E-state index contributed by atoms with van der Waals surface area (Å²) in [7, 11) is 3.23. The number of halogens is 1. The van der Waals surface area contributed by atoms with E-state index in [0.29, 0.717) is 32.2 Å². The summed E-state index contributed by atoms with van der Waals surface area (Å²) >= 11 is 0. The topological polar surface area (TPSA) is 84.0 Å². The van der Waals surface area contributed by atoms with Crippen LogP contribution in [0.4, 0.5) is 0 Å². The molecule has 136 valence electrons. The van der Waals surface area contributed by atoms with Crippen molar-refractivity contribution < 1.29 is 14.3 Å². The molecule has 0 unspecified atom stereocenters. The van der Waals surface area contributed by atoms with Crippen LogP contribution in [0, 0.1) is 0 Å². The third-order valence-electron chi connectivity index (χ3n) is 2.99. The Balaban J connectivity index is 0.00000529. The standard InChI is InChI=1S/C16H26N4O3.HI/c1-4-17-16(20-12-15(21)18-9-10-22-2)19-11-13-7-5-6-8-14(13)23-3;/h5-8H,4,9-12H2,1-3H3,(H,18,21)(H2,17,19,20);1H. The van der Waals surface area contributed by atoms with Gasteiger partial charge in [-0.2, -0.15) is 0 Å². The van der Waals surface area contributed by atoms with Gasteiger partial charge in [0.25, 0.3) is 0 Å². The van der Waals surface area contributed by atoms with Gasteiger partial charge in [0.15, 0.2) is 5.96 Å². The maximum absolute atomic E-state index is 11.7. The highest BCUT2D eigenvalue weighted by Crippen LogP contribution is 2.17. The number of carbonyl (C=O) groups is 1. The number of methoxy groups -OCH3 is 2. The van der Waals surface area contributed by atoms with E-state index in [0.717, 1.165) is 11.3 Å². The lowest BCUT2D eigenvalue weighted by atomic mass is 10.2. The third-order valence-corrected chi connectivity index (χ3v) is 2.99. The average Bonchev–Trinajstić information content (AvgIpc) is 2.58. The summed E-state index contributed by atoms with van der Waals surface area (Å²) in [4.78, 5) is 16.1. The summed E-state index contributed by atoms with van der Waals surface area (Å²) in [6.45, 7) is 4.29. The fourth-order valence-electron chi connectivity index (χ4n) is 1.86. The van der Waals surface area contributed by atoms with Crippen molar-refractivity contribution >= 4 is 35.8 Å². The fourth-order valence-corrected chi connectivity index (χ4v) is 1.86. The number of guanidine groups is 1. The summed E-state index contributed by atoms with van der Waals surface area (Å²) in [6, 6.07) is 7.72. The van der Waals surface area contributed by atoms with Crippen LogP contribution in [0.1, 0.15) is 12.5 Å². The van der Waals surface area contributed by atoms with Crippen molar-refractivity contribution in [3.05, 3.63) is 29.8 Å². The predicted octanol–water partition coefficient (Wildman–Crippen LogP) is 1.13. The summed E-state index contributed by atoms with van der Waals surface area (Å²) in [5.41, 5.74) is 0.983. The average molecular weight is 450 g/mol. The van der Waals surface area contributed by atoms with Crippen LogP contribution in [-0.4, -0.2) is 52.3 Å². The lowest BCUT2D eigenvalue weighted by Crippen LogP contribution is -2.43. The minimum atomic E-state index is -0.107. The summed E-state index contributed by atoms with van der Waals surface area (Å²) < 4.78 is 10.2. The Kier molecular flexibility index (Phi) is 13.0. The van der Waals surface area contributed by atoms with Crippen molar-refractivity contribution in [2.45, 2.75) is 13.5 Å². The zero-order chi connectivity index (χ0) is 16.9. The molecule has 1 aromatic rings. The van der Waals surface area contributed by atoms with Crippen molar-refractivity contribution in [1.82, 2.24) is 16.0 Å². The number of nitrogens with zero attached hydrogens (tertiary/aromatic N) is 1. The number of nitrogens with one attached hydrogen (secondary N) is 3. The summed E-state index contributed by atoms with van der Waals surface area (Å²) in [5, 5.41) is 8.85. The third kappa shape index (κ3) is 8.92. The van der Waals surface area contributed by atoms with E-state index in [4.69, 9.17) is 9.47 Å². The molecule has 0 atom stereocenters. The molecule has 0 aliphatic rings. The van der Waals surface area contributed by atoms with Crippen LogP contribution >= 0.6 is 24.0 Å². The molecule has 0 saturated heterocycles. The Bertz CT molecular complexity index is 512. The highest BCUT2D eigenvalue weighted by atomic mass is 127. The second kappa shape index (κ2) is 13.8. The van der Waals surface area contributed by atoms with Crippen LogP contribution < -0.4 is 20.7 Å². The van der Waals surface area contributed by atoms with Gasteiger partial charge in [-0.1, -0.05) is 18.2 Å². The highest BCUT2D eigenvalue weighted by molar-refractivity contribution is 14.0. The second-order valence-corrected chi connectivity index (χ2v) is 4.70. The van der Waals surface area contributed by atoms with Crippen molar-refractivity contribution in [2.75, 3.05) is 40.5 Å². The van der Waals surface area contributed by atoms with Crippen LogP contribution in [0.15, 0.2) is 29.3 Å². The van der Waals surface area contributed by atoms with Gasteiger partial charge in [-0.25, -0.2) is 4.99 Å². The molecule has 1 aromatic carbocycles. The zero-order valence-corrected chi connectivity index (χ0v) is 16.8. The molecule has 24 heavy (non-hydrogen) atoms. The first-order chi connectivity index (χ1) is 11.2. The van der Waals surface area contributed by atoms with Gasteiger partial charge in [0.05, 0.1) is 26.8 Å². The number of hydrogen-bond acceptors (Lipinski definition) is 4. The van der Waals surface area contributed by atoms with Gasteiger partial charge in [-0.05, 0) is 13.0 Å². The monoisotopic (exact) mass is 450 g/mol. The number of rotatable bonds is 9. The zero-order valence-electron chi connectivity index (χ0n) is 14.4. The number of ether oxygens (including phenoxy) is 2. The van der Waals surface area contributed by atoms with Gasteiger partial charge in [0.1, 0.15) is 5.75 Å². The van der Waals surface area contributed by atoms with Crippen molar-refractivity contribution in [3.63, 3.8) is 0 Å². The molecule has 0 aliphatic carbocycles. The summed E-state index contributed by atoms with van der Waals surface area (Å²) in [5.74, 6) is 1.27. The van der Waals surface area contributed by atoms with E-state index in [2.05, 4.69) is 20.9 Å². The molecule has 0 saturated carbocycles. The quantitative estimate of drug-likeness (QED) is 0.228. The van der Waals surface area contributed by atoms with Gasteiger partial charge in [0.2, 0.25) is 5.91 Å². The number of hydrogen-bond donors (Lipinski definition) is 3. The highest BCUT2D eigenvalue weighted by Gasteiger charge is 2.04. The van der Waals surface area contributed by atoms with E-state index in [1.54, 1.807) is 14.2 Å². The summed E-state index contributed by atoms with van der Waals surface area (Å²) in [6.07, 6.45) is 0. The molecule has 7 nitrogen and oxygen atoms in total. The van der Waals surface area contributed by atoms with E-state index < -0.39 is 0 Å². The smallest absolute Gasteiger partial charge is 0.239 e. The maximum atomic E-state index is 11.7. The van der Waals surface area contributed by atoms with Gasteiger partial charge in [-0.15, -0.1) is 24.0 Å². The Morgan fingerprint density at radius 2 is 1.92 bits per heavy atom. The van der Waals surface area contributed by atoms with Gasteiger partial charge in [0, 0.05) is 25.8 Å². The van der Waals surface area contributed by atoms with Crippen molar-refractivity contribution in [3.8, 4) is 5.75 Å². The SMILES string of the molecule is CCNC(=NCc1ccccc1OC)NCC(=O)NCCOC.I. The first-order valence-electron chi connectivity index (χ1n) is 7.61. The van der Waals surface area contributed by atoms with Crippen LogP contribution in [0.25, 0.3) is 0 Å². The van der Waals surface area contributed by atoms with E-state index in [1.807, 2.05) is 31.2 Å². The number of carbonyl (C=O) groups excluding carboxylic acids is 1. The first kappa shape index (κ1) is 22.4. The Morgan fingerprint density at radius 1 is 1.17 bits per heavy atom. The Morgan fingerprint density at radius 3 is 2.58 bits per heavy atom. The first-order valence-corrected chi connectivity index (χ1v) is 7.61. The minimum Gasteiger partial charge on any atom is -0.496 e. The molecule has 0 aromatic heterocycles. The predicted molar refractivity (Wildman–Crippen MR) is 106 cm³/mol. The number of para-hydroxylation sites is 1. The van der Waals surface area contributed by atoms with Gasteiger partial charge < -0.3 is 25.4 Å². The van der Waals surface area contributed by atoms with Crippen LogP contribution in [0.3, 0.4) is 0 Å². The molecule has 0 radical (unpaired) electrons. The van der Waals surface area contributed by atoms with Crippen molar-refractivity contribution in [1.29, 1.82) is 0 Å². The lowest BCUT2D eigenvalue weighted by molar-refractivity contribution is -0.120. The number of benzene rings is 1. The molecule has 8 heteroatoms. The lowest BCUT2D eigenvalue weighted by Gasteiger charge is -2.12. The molecular formula is C16H27IN4O3. The van der Waals surface area contributed by atoms with E-state index >= 15 is 0 Å². The second-order valence-electron chi connectivity index (χ2n) is 4.70. The van der Waals surface area contributed by atoms with E-state index in [9.17, 15) is 4.79 Å². The Labute approximate surface area is 160 Å². The van der Waals surface area contributed by atoms with E-state index in [1.165, 1.54) is 0 Å². The van der Waals surface area contributed by atoms with Crippen LogP contribution in [0.5, 0.6) is 5.75 Å². The molecule has 1 rings (SSSR count). The molecule has 0 aliphatic heterocycles. The molecule has 1 amide bonds. The molecular weight excluding hydrogens is 423 g/mol. The minimum absolute atomic E-state index is 0. The van der Waals surface area contributed by atoms with Gasteiger partial charge >= 0.3 is 0 Å². The normalized spacial score (nSPS) is 10.5. The maximum Gasteiger partial charge on any atom is 0.239 e. The molecule has 0 fully saturated rings. The molecule has 0 heterocycles. The van der Waals surface area contributed by atoms with E-state index in [-0.39, 0.29) is 36.4 Å². The fraction of sp³-hybridized carbons (Fsp3) is 0.500. The number of aliphatic imine (C=N–C) groups is 1.